The number of fused-ring (bicyclic) bond motifs is 6. The molecule has 168 valence electrons. The number of hydrogen-bond donors (Lipinski definition) is 0. The zero-order chi connectivity index (χ0) is 23.6. The summed E-state index contributed by atoms with van der Waals surface area (Å²) >= 11 is 0. The van der Waals surface area contributed by atoms with Crippen LogP contribution in [0.3, 0.4) is 0 Å². The SMILES string of the molecule is Cc1ccc2c(n1)oc1c(-c3nc(C(C)C)nc4c3ccc3cccc(C(C)C)c34)cccc12. The summed E-state index contributed by atoms with van der Waals surface area (Å²) in [7, 11) is 0. The summed E-state index contributed by atoms with van der Waals surface area (Å²) in [5.74, 6) is 1.43. The Morgan fingerprint density at radius 1 is 0.706 bits per heavy atom. The molecule has 0 unspecified atom stereocenters. The van der Waals surface area contributed by atoms with Gasteiger partial charge >= 0.3 is 0 Å². The first-order valence-electron chi connectivity index (χ1n) is 11.9. The maximum absolute atomic E-state index is 6.35. The van der Waals surface area contributed by atoms with E-state index >= 15 is 0 Å². The van der Waals surface area contributed by atoms with Gasteiger partial charge in [0.2, 0.25) is 5.71 Å². The smallest absolute Gasteiger partial charge is 0.227 e. The van der Waals surface area contributed by atoms with Gasteiger partial charge in [0.25, 0.3) is 0 Å². The molecule has 0 spiro atoms. The van der Waals surface area contributed by atoms with E-state index in [1.54, 1.807) is 0 Å². The van der Waals surface area contributed by atoms with Gasteiger partial charge < -0.3 is 4.42 Å². The minimum absolute atomic E-state index is 0.198. The summed E-state index contributed by atoms with van der Waals surface area (Å²) in [5.41, 5.74) is 6.64. The Morgan fingerprint density at radius 2 is 1.50 bits per heavy atom. The predicted molar refractivity (Wildman–Crippen MR) is 140 cm³/mol. The van der Waals surface area contributed by atoms with Crippen molar-refractivity contribution < 1.29 is 4.42 Å². The van der Waals surface area contributed by atoms with Crippen LogP contribution >= 0.6 is 0 Å². The average molecular weight is 446 g/mol. The molecule has 3 aromatic heterocycles. The van der Waals surface area contributed by atoms with Gasteiger partial charge in [-0.1, -0.05) is 64.1 Å². The molecule has 4 nitrogen and oxygen atoms in total. The van der Waals surface area contributed by atoms with Crippen LogP contribution in [0.5, 0.6) is 0 Å². The van der Waals surface area contributed by atoms with Crippen molar-refractivity contribution in [2.24, 2.45) is 0 Å². The van der Waals surface area contributed by atoms with Crippen LogP contribution < -0.4 is 0 Å². The van der Waals surface area contributed by atoms with Crippen LogP contribution in [-0.4, -0.2) is 15.0 Å². The monoisotopic (exact) mass is 445 g/mol. The predicted octanol–water partition coefficient (Wildman–Crippen LogP) is 8.30. The molecule has 0 atom stereocenters. The van der Waals surface area contributed by atoms with Crippen LogP contribution in [0.1, 0.15) is 56.6 Å². The van der Waals surface area contributed by atoms with E-state index in [1.807, 2.05) is 13.0 Å². The highest BCUT2D eigenvalue weighted by Crippen LogP contribution is 2.40. The lowest BCUT2D eigenvalue weighted by molar-refractivity contribution is 0.653. The number of rotatable bonds is 3. The fourth-order valence-electron chi connectivity index (χ4n) is 4.91. The van der Waals surface area contributed by atoms with Crippen molar-refractivity contribution in [1.82, 2.24) is 15.0 Å². The number of aryl methyl sites for hydroxylation is 1. The summed E-state index contributed by atoms with van der Waals surface area (Å²) < 4.78 is 6.35. The van der Waals surface area contributed by atoms with E-state index in [0.717, 1.165) is 50.0 Å². The van der Waals surface area contributed by atoms with E-state index < -0.39 is 0 Å². The van der Waals surface area contributed by atoms with Gasteiger partial charge in [0.1, 0.15) is 11.4 Å². The van der Waals surface area contributed by atoms with Crippen molar-refractivity contribution in [2.45, 2.75) is 46.5 Å². The quantitative estimate of drug-likeness (QED) is 0.257. The minimum atomic E-state index is 0.198. The van der Waals surface area contributed by atoms with Crippen LogP contribution in [0.15, 0.2) is 65.1 Å². The molecule has 6 aromatic rings. The van der Waals surface area contributed by atoms with Crippen LogP contribution in [0.25, 0.3) is 55.0 Å². The highest BCUT2D eigenvalue weighted by atomic mass is 16.3. The molecule has 6 rings (SSSR count). The number of benzene rings is 3. The van der Waals surface area contributed by atoms with Gasteiger partial charge in [-0.05, 0) is 48.1 Å². The fraction of sp³-hybridized carbons (Fsp3) is 0.233. The highest BCUT2D eigenvalue weighted by Gasteiger charge is 2.20. The van der Waals surface area contributed by atoms with Gasteiger partial charge in [-0.15, -0.1) is 0 Å². The average Bonchev–Trinajstić information content (AvgIpc) is 3.20. The van der Waals surface area contributed by atoms with Crippen molar-refractivity contribution in [3.05, 3.63) is 77.7 Å². The molecule has 0 aliphatic carbocycles. The van der Waals surface area contributed by atoms with Gasteiger partial charge in [-0.25, -0.2) is 15.0 Å². The molecule has 3 heterocycles. The molecule has 0 fully saturated rings. The largest absolute Gasteiger partial charge is 0.437 e. The zero-order valence-corrected chi connectivity index (χ0v) is 20.2. The Kier molecular flexibility index (Phi) is 4.66. The molecule has 3 aromatic carbocycles. The van der Waals surface area contributed by atoms with Crippen molar-refractivity contribution in [2.75, 3.05) is 0 Å². The molecule has 0 N–H and O–H groups in total. The second kappa shape index (κ2) is 7.63. The minimum Gasteiger partial charge on any atom is -0.437 e. The van der Waals surface area contributed by atoms with Crippen molar-refractivity contribution in [3.8, 4) is 11.3 Å². The Morgan fingerprint density at radius 3 is 2.29 bits per heavy atom. The number of hydrogen-bond acceptors (Lipinski definition) is 4. The third-order valence-corrected chi connectivity index (χ3v) is 6.66. The normalized spacial score (nSPS) is 12.2. The summed E-state index contributed by atoms with van der Waals surface area (Å²) in [4.78, 5) is 14.8. The Bertz CT molecular complexity index is 1730. The van der Waals surface area contributed by atoms with Crippen molar-refractivity contribution in [3.63, 3.8) is 0 Å². The lowest BCUT2D eigenvalue weighted by atomic mass is 9.93. The Balaban J connectivity index is 1.77. The molecule has 0 radical (unpaired) electrons. The Labute approximate surface area is 198 Å². The van der Waals surface area contributed by atoms with Gasteiger partial charge in [-0.3, -0.25) is 0 Å². The van der Waals surface area contributed by atoms with Crippen molar-refractivity contribution in [1.29, 1.82) is 0 Å². The summed E-state index contributed by atoms with van der Waals surface area (Å²) in [5, 5.41) is 5.55. The number of para-hydroxylation sites is 1. The first-order valence-corrected chi connectivity index (χ1v) is 11.9. The lowest BCUT2D eigenvalue weighted by Gasteiger charge is -2.16. The zero-order valence-electron chi connectivity index (χ0n) is 20.2. The number of nitrogens with zero attached hydrogens (tertiary/aromatic N) is 3. The van der Waals surface area contributed by atoms with Gasteiger partial charge in [0.05, 0.1) is 11.2 Å². The summed E-state index contributed by atoms with van der Waals surface area (Å²) in [6.07, 6.45) is 0. The number of pyridine rings is 1. The lowest BCUT2D eigenvalue weighted by Crippen LogP contribution is -2.02. The van der Waals surface area contributed by atoms with E-state index in [2.05, 4.69) is 87.3 Å². The number of furan rings is 1. The van der Waals surface area contributed by atoms with E-state index in [-0.39, 0.29) is 5.92 Å². The molecular formula is C30H27N3O. The summed E-state index contributed by atoms with van der Waals surface area (Å²) in [6.45, 7) is 10.8. The van der Waals surface area contributed by atoms with Crippen molar-refractivity contribution >= 4 is 43.7 Å². The Hall–Kier alpha value is -3.79. The first kappa shape index (κ1) is 20.8. The summed E-state index contributed by atoms with van der Waals surface area (Å²) in [6, 6.07) is 21.3. The third kappa shape index (κ3) is 3.09. The third-order valence-electron chi connectivity index (χ3n) is 6.66. The number of aromatic nitrogens is 3. The van der Waals surface area contributed by atoms with E-state index in [0.29, 0.717) is 11.6 Å². The van der Waals surface area contributed by atoms with E-state index in [4.69, 9.17) is 14.4 Å². The van der Waals surface area contributed by atoms with Crippen LogP contribution in [0.2, 0.25) is 0 Å². The van der Waals surface area contributed by atoms with E-state index in [9.17, 15) is 0 Å². The molecule has 0 saturated carbocycles. The maximum atomic E-state index is 6.35. The van der Waals surface area contributed by atoms with Gasteiger partial charge in [0, 0.05) is 38.7 Å². The van der Waals surface area contributed by atoms with Crippen LogP contribution in [0.4, 0.5) is 0 Å². The second-order valence-corrected chi connectivity index (χ2v) is 9.74. The molecule has 0 saturated heterocycles. The molecule has 0 bridgehead atoms. The standard InChI is InChI=1S/C30H27N3O/c1-16(2)20-9-6-8-19-13-15-23-26(32-29(17(3)4)33-27(23)25(19)20)24-11-7-10-21-22-14-12-18(5)31-30(22)34-28(21)24/h6-17H,1-5H3. The van der Waals surface area contributed by atoms with Crippen LogP contribution in [-0.2, 0) is 0 Å². The first-order chi connectivity index (χ1) is 16.4. The van der Waals surface area contributed by atoms with Gasteiger partial charge in [0.15, 0.2) is 0 Å². The van der Waals surface area contributed by atoms with Crippen LogP contribution in [0, 0.1) is 6.92 Å². The molecular weight excluding hydrogens is 418 g/mol. The van der Waals surface area contributed by atoms with Gasteiger partial charge in [-0.2, -0.15) is 0 Å². The topological polar surface area (TPSA) is 51.8 Å². The maximum Gasteiger partial charge on any atom is 0.227 e. The fourth-order valence-corrected chi connectivity index (χ4v) is 4.91. The second-order valence-electron chi connectivity index (χ2n) is 9.74. The molecule has 0 amide bonds. The van der Waals surface area contributed by atoms with E-state index in [1.165, 1.54) is 16.3 Å². The molecule has 34 heavy (non-hydrogen) atoms. The molecule has 4 heteroatoms. The molecule has 0 aliphatic rings. The molecule has 0 aliphatic heterocycles. The highest BCUT2D eigenvalue weighted by molar-refractivity contribution is 6.14.